The van der Waals surface area contributed by atoms with E-state index in [0.717, 1.165) is 0 Å². The van der Waals surface area contributed by atoms with Gasteiger partial charge in [0.05, 0.1) is 13.2 Å². The predicted octanol–water partition coefficient (Wildman–Crippen LogP) is 2.28. The second-order valence-electron chi connectivity index (χ2n) is 4.82. The highest BCUT2D eigenvalue weighted by Crippen LogP contribution is 2.40. The highest BCUT2D eigenvalue weighted by Gasteiger charge is 2.48. The van der Waals surface area contributed by atoms with Crippen molar-refractivity contribution in [1.82, 2.24) is 0 Å². The molecule has 2 aromatic carbocycles. The summed E-state index contributed by atoms with van der Waals surface area (Å²) in [7, 11) is 1.55. The first-order valence-electron chi connectivity index (χ1n) is 6.53. The molecule has 0 unspecified atom stereocenters. The molecule has 0 spiro atoms. The number of carbonyl (C=O) groups is 1. The van der Waals surface area contributed by atoms with Gasteiger partial charge in [-0.2, -0.15) is 0 Å². The molecule has 1 saturated heterocycles. The highest BCUT2D eigenvalue weighted by atomic mass is 19.1. The van der Waals surface area contributed by atoms with Crippen LogP contribution in [0.3, 0.4) is 0 Å². The molecule has 5 heteroatoms. The third-order valence-corrected chi connectivity index (χ3v) is 3.64. The minimum Gasteiger partial charge on any atom is -0.497 e. The van der Waals surface area contributed by atoms with Crippen molar-refractivity contribution in [3.63, 3.8) is 0 Å². The third kappa shape index (κ3) is 2.15. The van der Waals surface area contributed by atoms with Crippen molar-refractivity contribution in [2.75, 3.05) is 12.0 Å². The first-order chi connectivity index (χ1) is 10.1. The smallest absolute Gasteiger partial charge is 0.259 e. The predicted molar refractivity (Wildman–Crippen MR) is 75.6 cm³/mol. The molecule has 1 fully saturated rings. The number of nitrogens with zero attached hydrogens (tertiary/aromatic N) is 1. The fourth-order valence-electron chi connectivity index (χ4n) is 2.53. The van der Waals surface area contributed by atoms with Gasteiger partial charge in [-0.05, 0) is 30.3 Å². The summed E-state index contributed by atoms with van der Waals surface area (Å²) >= 11 is 0. The van der Waals surface area contributed by atoms with Gasteiger partial charge in [-0.25, -0.2) is 4.39 Å². The van der Waals surface area contributed by atoms with Gasteiger partial charge in [0.2, 0.25) is 0 Å². The molecule has 21 heavy (non-hydrogen) atoms. The lowest BCUT2D eigenvalue weighted by Gasteiger charge is -2.44. The van der Waals surface area contributed by atoms with Crippen LogP contribution >= 0.6 is 0 Å². The van der Waals surface area contributed by atoms with E-state index in [9.17, 15) is 14.3 Å². The van der Waals surface area contributed by atoms with E-state index < -0.39 is 23.9 Å². The number of carbonyl (C=O) groups excluding carboxylic acids is 1. The number of hydrogen-bond acceptors (Lipinski definition) is 3. The summed E-state index contributed by atoms with van der Waals surface area (Å²) in [4.78, 5) is 13.3. The number of β-lactam (4-membered cyclic amide) rings is 1. The molecule has 3 rings (SSSR count). The molecule has 0 radical (unpaired) electrons. The molecule has 0 saturated carbocycles. The topological polar surface area (TPSA) is 49.8 Å². The van der Waals surface area contributed by atoms with Crippen LogP contribution in [0.1, 0.15) is 11.6 Å². The van der Waals surface area contributed by atoms with Crippen molar-refractivity contribution in [2.24, 2.45) is 0 Å². The zero-order valence-corrected chi connectivity index (χ0v) is 11.4. The Balaban J connectivity index is 1.96. The number of hydrogen-bond donors (Lipinski definition) is 1. The van der Waals surface area contributed by atoms with Gasteiger partial charge in [-0.1, -0.05) is 18.2 Å². The molecule has 0 bridgehead atoms. The highest BCUT2D eigenvalue weighted by molar-refractivity contribution is 6.04. The number of anilines is 1. The van der Waals surface area contributed by atoms with E-state index in [2.05, 4.69) is 0 Å². The number of rotatable bonds is 3. The van der Waals surface area contributed by atoms with Crippen LogP contribution in [0.2, 0.25) is 0 Å². The van der Waals surface area contributed by atoms with Crippen LogP contribution in [0.5, 0.6) is 5.75 Å². The van der Waals surface area contributed by atoms with Gasteiger partial charge in [-0.3, -0.25) is 9.69 Å². The average Bonchev–Trinajstić information content (AvgIpc) is 2.53. The lowest BCUT2D eigenvalue weighted by molar-refractivity contribution is -0.137. The number of halogens is 1. The van der Waals surface area contributed by atoms with E-state index in [-0.39, 0.29) is 0 Å². The molecule has 0 aromatic heterocycles. The Labute approximate surface area is 121 Å². The van der Waals surface area contributed by atoms with E-state index in [0.29, 0.717) is 17.0 Å². The Kier molecular flexibility index (Phi) is 3.35. The SMILES string of the molecule is COc1ccc(N2C(=O)[C@H](O)[C@@H]2c2ccccc2F)cc1. The molecule has 108 valence electrons. The van der Waals surface area contributed by atoms with Gasteiger partial charge in [0, 0.05) is 11.3 Å². The van der Waals surface area contributed by atoms with Crippen LogP contribution in [0.15, 0.2) is 48.5 Å². The molecule has 1 heterocycles. The summed E-state index contributed by atoms with van der Waals surface area (Å²) in [6.07, 6.45) is -1.22. The monoisotopic (exact) mass is 287 g/mol. The molecular formula is C16H14FNO3. The summed E-state index contributed by atoms with van der Waals surface area (Å²) in [5.74, 6) is -0.212. The Morgan fingerprint density at radius 2 is 1.81 bits per heavy atom. The number of amides is 1. The maximum atomic E-state index is 13.9. The zero-order valence-electron chi connectivity index (χ0n) is 11.4. The quantitative estimate of drug-likeness (QED) is 0.881. The maximum absolute atomic E-state index is 13.9. The number of methoxy groups -OCH3 is 1. The molecule has 1 N–H and O–H groups in total. The van der Waals surface area contributed by atoms with Crippen molar-refractivity contribution in [3.8, 4) is 5.75 Å². The van der Waals surface area contributed by atoms with Crippen molar-refractivity contribution in [2.45, 2.75) is 12.1 Å². The molecule has 1 aliphatic heterocycles. The normalized spacial score (nSPS) is 21.1. The number of aliphatic hydroxyl groups excluding tert-OH is 1. The average molecular weight is 287 g/mol. The maximum Gasteiger partial charge on any atom is 0.259 e. The fraction of sp³-hybridized carbons (Fsp3) is 0.188. The molecular weight excluding hydrogens is 273 g/mol. The molecule has 4 nitrogen and oxygen atoms in total. The Morgan fingerprint density at radius 1 is 1.14 bits per heavy atom. The van der Waals surface area contributed by atoms with Gasteiger partial charge in [0.25, 0.3) is 5.91 Å². The first kappa shape index (κ1) is 13.6. The second kappa shape index (κ2) is 5.18. The van der Waals surface area contributed by atoms with Gasteiger partial charge >= 0.3 is 0 Å². The van der Waals surface area contributed by atoms with E-state index in [1.165, 1.54) is 11.0 Å². The number of ether oxygens (including phenoxy) is 1. The Bertz CT molecular complexity index is 671. The van der Waals surface area contributed by atoms with E-state index in [4.69, 9.17) is 4.74 Å². The number of aliphatic hydroxyl groups is 1. The molecule has 2 aromatic rings. The minimum absolute atomic E-state index is 0.306. The van der Waals surface area contributed by atoms with Crippen LogP contribution in [-0.2, 0) is 4.79 Å². The summed E-state index contributed by atoms with van der Waals surface area (Å²) in [6, 6.07) is 12.3. The van der Waals surface area contributed by atoms with Gasteiger partial charge < -0.3 is 9.84 Å². The van der Waals surface area contributed by atoms with Gasteiger partial charge in [-0.15, -0.1) is 0 Å². The molecule has 2 atom stereocenters. The molecule has 0 aliphatic carbocycles. The van der Waals surface area contributed by atoms with Crippen LogP contribution in [0, 0.1) is 5.82 Å². The molecule has 1 amide bonds. The van der Waals surface area contributed by atoms with Crippen LogP contribution in [-0.4, -0.2) is 24.2 Å². The van der Waals surface area contributed by atoms with Crippen LogP contribution in [0.25, 0.3) is 0 Å². The van der Waals surface area contributed by atoms with E-state index >= 15 is 0 Å². The van der Waals surface area contributed by atoms with Crippen molar-refractivity contribution < 1.29 is 19.0 Å². The minimum atomic E-state index is -1.22. The Morgan fingerprint density at radius 3 is 2.43 bits per heavy atom. The standard InChI is InChI=1S/C16H14FNO3/c1-21-11-8-6-10(7-9-11)18-14(15(19)16(18)20)12-4-2-3-5-13(12)17/h2-9,14-15,19H,1H3/t14-,15+/m0/s1. The summed E-state index contributed by atoms with van der Waals surface area (Å²) < 4.78 is 19.0. The van der Waals surface area contributed by atoms with Crippen LogP contribution in [0.4, 0.5) is 10.1 Å². The lowest BCUT2D eigenvalue weighted by Crippen LogP contribution is -2.59. The lowest BCUT2D eigenvalue weighted by atomic mass is 9.89. The first-order valence-corrected chi connectivity index (χ1v) is 6.53. The fourth-order valence-corrected chi connectivity index (χ4v) is 2.53. The Hall–Kier alpha value is -2.40. The third-order valence-electron chi connectivity index (χ3n) is 3.64. The second-order valence-corrected chi connectivity index (χ2v) is 4.82. The van der Waals surface area contributed by atoms with Crippen LogP contribution < -0.4 is 9.64 Å². The van der Waals surface area contributed by atoms with Crippen molar-refractivity contribution >= 4 is 11.6 Å². The molecule has 1 aliphatic rings. The van der Waals surface area contributed by atoms with Crippen molar-refractivity contribution in [1.29, 1.82) is 0 Å². The van der Waals surface area contributed by atoms with E-state index in [1.54, 1.807) is 49.6 Å². The number of benzene rings is 2. The van der Waals surface area contributed by atoms with Crippen molar-refractivity contribution in [3.05, 3.63) is 59.9 Å². The van der Waals surface area contributed by atoms with Gasteiger partial charge in [0.1, 0.15) is 11.6 Å². The summed E-state index contributed by atoms with van der Waals surface area (Å²) in [5.41, 5.74) is 0.903. The van der Waals surface area contributed by atoms with E-state index in [1.807, 2.05) is 0 Å². The largest absolute Gasteiger partial charge is 0.497 e. The zero-order chi connectivity index (χ0) is 15.0. The van der Waals surface area contributed by atoms with Gasteiger partial charge in [0.15, 0.2) is 6.10 Å². The summed E-state index contributed by atoms with van der Waals surface area (Å²) in [5, 5.41) is 9.90. The summed E-state index contributed by atoms with van der Waals surface area (Å²) in [6.45, 7) is 0.